The Morgan fingerprint density at radius 1 is 0.667 bits per heavy atom. The van der Waals surface area contributed by atoms with Gasteiger partial charge in [-0.25, -0.2) is 0 Å². The van der Waals surface area contributed by atoms with Crippen LogP contribution in [0.15, 0.2) is 84.9 Å². The average molecular weight is 464 g/mol. The summed E-state index contributed by atoms with van der Waals surface area (Å²) in [7, 11) is 0. The third-order valence-corrected chi connectivity index (χ3v) is 8.40. The molecule has 0 heterocycles. The Kier molecular flexibility index (Phi) is 5.59. The van der Waals surface area contributed by atoms with Crippen molar-refractivity contribution in [3.05, 3.63) is 124 Å². The Hall–Kier alpha value is -2.61. The van der Waals surface area contributed by atoms with E-state index in [0.717, 1.165) is 0 Å². The summed E-state index contributed by atoms with van der Waals surface area (Å²) in [6.45, 7) is 11.4. The Bertz CT molecular complexity index is 1280. The molecule has 5 rings (SSSR count). The van der Waals surface area contributed by atoms with E-state index in [1.165, 1.54) is 55.8 Å². The van der Waals surface area contributed by atoms with E-state index in [0.29, 0.717) is 0 Å². The SMILES string of the molecule is Cc1cc(C)c([N]([Ti])C(C)(C)c2ccccc2C2c3ccccc3-c3ccccc32)c(C)c1. The van der Waals surface area contributed by atoms with Gasteiger partial charge in [-0.05, 0) is 0 Å². The molecule has 0 radical (unpaired) electrons. The van der Waals surface area contributed by atoms with Crippen LogP contribution in [0.4, 0.5) is 5.69 Å². The summed E-state index contributed by atoms with van der Waals surface area (Å²) >= 11 is 2.25. The van der Waals surface area contributed by atoms with Crippen molar-refractivity contribution in [1.29, 1.82) is 0 Å². The summed E-state index contributed by atoms with van der Waals surface area (Å²) in [5.74, 6) is 0.251. The van der Waals surface area contributed by atoms with Crippen molar-refractivity contribution in [1.82, 2.24) is 0 Å². The summed E-state index contributed by atoms with van der Waals surface area (Å²) < 4.78 is 2.47. The maximum atomic E-state index is 2.47. The Balaban J connectivity index is 1.68. The van der Waals surface area contributed by atoms with Gasteiger partial charge in [0.25, 0.3) is 0 Å². The molecular weight excluding hydrogens is 434 g/mol. The molecule has 0 N–H and O–H groups in total. The number of hydrogen-bond donors (Lipinski definition) is 0. The molecule has 0 atom stereocenters. The first-order chi connectivity index (χ1) is 15.8. The van der Waals surface area contributed by atoms with E-state index >= 15 is 0 Å². The average Bonchev–Trinajstić information content (AvgIpc) is 3.13. The normalized spacial score (nSPS) is 13.0. The third kappa shape index (κ3) is 3.59. The van der Waals surface area contributed by atoms with E-state index in [4.69, 9.17) is 0 Å². The van der Waals surface area contributed by atoms with E-state index in [9.17, 15) is 0 Å². The number of hydrogen-bond acceptors (Lipinski definition) is 1. The van der Waals surface area contributed by atoms with Crippen LogP contribution in [0.5, 0.6) is 0 Å². The molecule has 1 aliphatic carbocycles. The summed E-state index contributed by atoms with van der Waals surface area (Å²) in [5, 5.41) is 0. The molecule has 4 aromatic carbocycles. The zero-order valence-corrected chi connectivity index (χ0v) is 21.7. The summed E-state index contributed by atoms with van der Waals surface area (Å²) in [5.41, 5.74) is 13.4. The van der Waals surface area contributed by atoms with Crippen molar-refractivity contribution in [3.8, 4) is 11.1 Å². The molecule has 33 heavy (non-hydrogen) atoms. The van der Waals surface area contributed by atoms with E-state index in [-0.39, 0.29) is 11.5 Å². The predicted octanol–water partition coefficient (Wildman–Crippen LogP) is 7.98. The van der Waals surface area contributed by atoms with Crippen molar-refractivity contribution < 1.29 is 20.7 Å². The fraction of sp³-hybridized carbons (Fsp3) is 0.226. The molecule has 0 aliphatic heterocycles. The number of nitrogens with zero attached hydrogens (tertiary/aromatic N) is 1. The van der Waals surface area contributed by atoms with Gasteiger partial charge in [-0.1, -0.05) is 0 Å². The molecule has 1 aliphatic rings. The second-order valence-electron chi connectivity index (χ2n) is 9.84. The molecule has 4 aromatic rings. The Morgan fingerprint density at radius 2 is 1.12 bits per heavy atom. The van der Waals surface area contributed by atoms with Gasteiger partial charge in [0, 0.05) is 0 Å². The number of fused-ring (bicyclic) bond motifs is 3. The van der Waals surface area contributed by atoms with Crippen LogP contribution in [0, 0.1) is 20.8 Å². The third-order valence-electron chi connectivity index (χ3n) is 7.18. The fourth-order valence-corrected chi connectivity index (χ4v) is 6.46. The first-order valence-corrected chi connectivity index (χ1v) is 12.4. The van der Waals surface area contributed by atoms with Crippen molar-refractivity contribution in [2.45, 2.75) is 46.1 Å². The molecule has 0 amide bonds. The van der Waals surface area contributed by atoms with E-state index in [1.54, 1.807) is 0 Å². The first kappa shape index (κ1) is 22.2. The molecule has 0 fully saturated rings. The van der Waals surface area contributed by atoms with Crippen LogP contribution < -0.4 is 3.38 Å². The van der Waals surface area contributed by atoms with Crippen LogP contribution >= 0.6 is 0 Å². The zero-order valence-electron chi connectivity index (χ0n) is 20.1. The minimum atomic E-state index is -0.187. The van der Waals surface area contributed by atoms with Crippen molar-refractivity contribution >= 4 is 5.69 Å². The van der Waals surface area contributed by atoms with Gasteiger partial charge in [-0.3, -0.25) is 0 Å². The Labute approximate surface area is 210 Å². The van der Waals surface area contributed by atoms with Crippen LogP contribution in [0.3, 0.4) is 0 Å². The van der Waals surface area contributed by atoms with E-state index in [1.807, 2.05) is 0 Å². The summed E-state index contributed by atoms with van der Waals surface area (Å²) in [4.78, 5) is 0. The first-order valence-electron chi connectivity index (χ1n) is 11.7. The predicted molar refractivity (Wildman–Crippen MR) is 135 cm³/mol. The number of benzene rings is 4. The van der Waals surface area contributed by atoms with Crippen LogP contribution in [-0.2, 0) is 26.2 Å². The minimum absolute atomic E-state index is 0.187. The van der Waals surface area contributed by atoms with Gasteiger partial charge < -0.3 is 0 Å². The van der Waals surface area contributed by atoms with Gasteiger partial charge >= 0.3 is 211 Å². The topological polar surface area (TPSA) is 3.24 Å². The maximum absolute atomic E-state index is 2.47. The van der Waals surface area contributed by atoms with Gasteiger partial charge in [0.05, 0.1) is 0 Å². The molecule has 0 aromatic heterocycles. The molecule has 163 valence electrons. The summed E-state index contributed by atoms with van der Waals surface area (Å²) in [6, 6.07) is 31.5. The van der Waals surface area contributed by atoms with Crippen molar-refractivity contribution in [2.75, 3.05) is 3.38 Å². The molecule has 0 bridgehead atoms. The molecule has 1 nitrogen and oxygen atoms in total. The number of aryl methyl sites for hydroxylation is 3. The van der Waals surface area contributed by atoms with Crippen molar-refractivity contribution in [3.63, 3.8) is 0 Å². The number of anilines is 1. The van der Waals surface area contributed by atoms with Crippen LogP contribution in [0.1, 0.15) is 58.7 Å². The number of rotatable bonds is 4. The monoisotopic (exact) mass is 464 g/mol. The molecule has 0 saturated carbocycles. The molecule has 0 saturated heterocycles. The van der Waals surface area contributed by atoms with Gasteiger partial charge in [0.1, 0.15) is 0 Å². The van der Waals surface area contributed by atoms with Crippen LogP contribution in [0.2, 0.25) is 0 Å². The Morgan fingerprint density at radius 3 is 1.67 bits per heavy atom. The van der Waals surface area contributed by atoms with Gasteiger partial charge in [-0.15, -0.1) is 0 Å². The van der Waals surface area contributed by atoms with Gasteiger partial charge in [-0.2, -0.15) is 0 Å². The second-order valence-corrected chi connectivity index (χ2v) is 10.5. The van der Waals surface area contributed by atoms with Crippen LogP contribution in [0.25, 0.3) is 11.1 Å². The van der Waals surface area contributed by atoms with Crippen LogP contribution in [-0.4, -0.2) is 0 Å². The zero-order chi connectivity index (χ0) is 23.3. The van der Waals surface area contributed by atoms with Crippen molar-refractivity contribution in [2.24, 2.45) is 0 Å². The molecule has 0 spiro atoms. The molecular formula is C31H30NTi. The van der Waals surface area contributed by atoms with E-state index in [2.05, 4.69) is 144 Å². The second kappa shape index (κ2) is 8.31. The quantitative estimate of drug-likeness (QED) is 0.244. The van der Waals surface area contributed by atoms with Gasteiger partial charge in [0.15, 0.2) is 0 Å². The summed E-state index contributed by atoms with van der Waals surface area (Å²) in [6.07, 6.45) is 0. The standard InChI is InChI=1S/C31H30N.Ti/c1-20-18-21(2)30(22(3)19-20)32-31(4,5)28-17-11-10-16-27(28)29-25-14-8-6-12-23(25)24-13-7-9-15-26(24)29;/h6-19,29H,1-5H3;/q-1;+1. The molecule has 0 unspecified atom stereocenters. The van der Waals surface area contributed by atoms with Gasteiger partial charge in [0.2, 0.25) is 0 Å². The molecule has 2 heteroatoms. The van der Waals surface area contributed by atoms with E-state index < -0.39 is 0 Å². The fourth-order valence-electron chi connectivity index (χ4n) is 5.72.